The van der Waals surface area contributed by atoms with Crippen LogP contribution in [0.5, 0.6) is 5.75 Å². The second-order valence-electron chi connectivity index (χ2n) is 4.02. The number of carbonyl (C=O) groups is 1. The Hall–Kier alpha value is -1.55. The average Bonchev–Trinajstić information content (AvgIpc) is 2.10. The van der Waals surface area contributed by atoms with Crippen LogP contribution in [-0.2, 0) is 11.2 Å². The molecule has 0 aromatic heterocycles. The smallest absolute Gasteiger partial charge is 0.323 e. The quantitative estimate of drug-likeness (QED) is 0.694. The van der Waals surface area contributed by atoms with E-state index < -0.39 is 11.5 Å². The largest absolute Gasteiger partial charge is 0.508 e. The van der Waals surface area contributed by atoms with E-state index in [2.05, 4.69) is 0 Å². The highest BCUT2D eigenvalue weighted by molar-refractivity contribution is 5.78. The highest BCUT2D eigenvalue weighted by Crippen LogP contribution is 2.19. The van der Waals surface area contributed by atoms with Crippen LogP contribution in [0.1, 0.15) is 18.1 Å². The van der Waals surface area contributed by atoms with E-state index in [-0.39, 0.29) is 12.2 Å². The van der Waals surface area contributed by atoms with Crippen molar-refractivity contribution in [3.05, 3.63) is 29.3 Å². The van der Waals surface area contributed by atoms with Crippen LogP contribution < -0.4 is 5.73 Å². The van der Waals surface area contributed by atoms with Crippen LogP contribution >= 0.6 is 0 Å². The summed E-state index contributed by atoms with van der Waals surface area (Å²) in [5, 5.41) is 18.2. The Morgan fingerprint density at radius 1 is 1.53 bits per heavy atom. The number of benzene rings is 1. The zero-order valence-corrected chi connectivity index (χ0v) is 8.82. The summed E-state index contributed by atoms with van der Waals surface area (Å²) in [6, 6.07) is 4.96. The van der Waals surface area contributed by atoms with Gasteiger partial charge in [0, 0.05) is 6.42 Å². The van der Waals surface area contributed by atoms with Gasteiger partial charge in [-0.15, -0.1) is 0 Å². The van der Waals surface area contributed by atoms with Gasteiger partial charge in [-0.1, -0.05) is 12.1 Å². The SMILES string of the molecule is Cc1cc(C[C@@](C)(N)C(=O)O)ccc1O. The van der Waals surface area contributed by atoms with Gasteiger partial charge in [0.1, 0.15) is 11.3 Å². The van der Waals surface area contributed by atoms with E-state index in [0.29, 0.717) is 5.56 Å². The second kappa shape index (κ2) is 3.90. The van der Waals surface area contributed by atoms with Crippen molar-refractivity contribution in [3.63, 3.8) is 0 Å². The predicted molar refractivity (Wildman–Crippen MR) is 56.8 cm³/mol. The molecule has 1 atom stereocenters. The van der Waals surface area contributed by atoms with E-state index in [4.69, 9.17) is 10.8 Å². The molecule has 0 radical (unpaired) electrons. The third-order valence-corrected chi connectivity index (χ3v) is 2.32. The minimum atomic E-state index is -1.27. The normalized spacial score (nSPS) is 14.6. The van der Waals surface area contributed by atoms with Gasteiger partial charge in [0.25, 0.3) is 0 Å². The third-order valence-electron chi connectivity index (χ3n) is 2.32. The first-order valence-corrected chi connectivity index (χ1v) is 4.64. The van der Waals surface area contributed by atoms with E-state index in [1.807, 2.05) is 0 Å². The molecule has 1 aromatic carbocycles. The number of carboxylic acid groups (broad SMARTS) is 1. The van der Waals surface area contributed by atoms with Gasteiger partial charge in [0.15, 0.2) is 0 Å². The van der Waals surface area contributed by atoms with Gasteiger partial charge in [-0.25, -0.2) is 0 Å². The highest BCUT2D eigenvalue weighted by Gasteiger charge is 2.28. The van der Waals surface area contributed by atoms with Crippen LogP contribution in [0.15, 0.2) is 18.2 Å². The van der Waals surface area contributed by atoms with E-state index in [1.54, 1.807) is 25.1 Å². The van der Waals surface area contributed by atoms with E-state index in [0.717, 1.165) is 5.56 Å². The van der Waals surface area contributed by atoms with E-state index >= 15 is 0 Å². The van der Waals surface area contributed by atoms with Gasteiger partial charge in [-0.3, -0.25) is 4.79 Å². The predicted octanol–water partition coefficient (Wildman–Crippen LogP) is 1.05. The first kappa shape index (κ1) is 11.5. The lowest BCUT2D eigenvalue weighted by molar-refractivity contribution is -0.142. The van der Waals surface area contributed by atoms with Crippen molar-refractivity contribution >= 4 is 5.97 Å². The fourth-order valence-corrected chi connectivity index (χ4v) is 1.33. The highest BCUT2D eigenvalue weighted by atomic mass is 16.4. The van der Waals surface area contributed by atoms with Crippen LogP contribution in [-0.4, -0.2) is 21.7 Å². The zero-order valence-electron chi connectivity index (χ0n) is 8.82. The Kier molecular flexibility index (Phi) is 3.00. The Bertz CT molecular complexity index is 385. The van der Waals surface area contributed by atoms with E-state index in [9.17, 15) is 9.90 Å². The minimum absolute atomic E-state index is 0.202. The zero-order chi connectivity index (χ0) is 11.6. The topological polar surface area (TPSA) is 83.6 Å². The van der Waals surface area contributed by atoms with Gasteiger partial charge in [-0.2, -0.15) is 0 Å². The molecule has 15 heavy (non-hydrogen) atoms. The van der Waals surface area contributed by atoms with Gasteiger partial charge in [-0.05, 0) is 31.0 Å². The Balaban J connectivity index is 2.91. The standard InChI is InChI=1S/C11H15NO3/c1-7-5-8(3-4-9(7)13)6-11(2,12)10(14)15/h3-5,13H,6,12H2,1-2H3,(H,14,15)/t11-/m1/s1. The van der Waals surface area contributed by atoms with Crippen molar-refractivity contribution in [2.45, 2.75) is 25.8 Å². The molecular formula is C11H15NO3. The molecule has 0 saturated carbocycles. The lowest BCUT2D eigenvalue weighted by Gasteiger charge is -2.19. The lowest BCUT2D eigenvalue weighted by atomic mass is 9.93. The fourth-order valence-electron chi connectivity index (χ4n) is 1.33. The number of rotatable bonds is 3. The molecule has 1 rings (SSSR count). The molecule has 4 nitrogen and oxygen atoms in total. The Morgan fingerprint density at radius 3 is 2.60 bits per heavy atom. The molecule has 0 unspecified atom stereocenters. The molecular weight excluding hydrogens is 194 g/mol. The molecule has 0 fully saturated rings. The molecule has 4 N–H and O–H groups in total. The number of aliphatic carboxylic acids is 1. The minimum Gasteiger partial charge on any atom is -0.508 e. The molecule has 0 spiro atoms. The Morgan fingerprint density at radius 2 is 2.13 bits per heavy atom. The maximum atomic E-state index is 10.8. The molecule has 4 heteroatoms. The molecule has 0 bridgehead atoms. The van der Waals surface area contributed by atoms with Crippen LogP contribution in [0.2, 0.25) is 0 Å². The van der Waals surface area contributed by atoms with Gasteiger partial charge in [0.05, 0.1) is 0 Å². The maximum Gasteiger partial charge on any atom is 0.323 e. The summed E-state index contributed by atoms with van der Waals surface area (Å²) in [4.78, 5) is 10.8. The van der Waals surface area contributed by atoms with Crippen molar-refractivity contribution in [2.75, 3.05) is 0 Å². The van der Waals surface area contributed by atoms with Crippen LogP contribution in [0, 0.1) is 6.92 Å². The fraction of sp³-hybridized carbons (Fsp3) is 0.364. The van der Waals surface area contributed by atoms with Crippen molar-refractivity contribution in [3.8, 4) is 5.75 Å². The number of aromatic hydroxyl groups is 1. The monoisotopic (exact) mass is 209 g/mol. The summed E-state index contributed by atoms with van der Waals surface area (Å²) in [5.41, 5.74) is 5.86. The number of hydrogen-bond donors (Lipinski definition) is 3. The van der Waals surface area contributed by atoms with E-state index in [1.165, 1.54) is 6.92 Å². The molecule has 0 aliphatic heterocycles. The number of phenolic OH excluding ortho intramolecular Hbond substituents is 1. The summed E-state index contributed by atoms with van der Waals surface area (Å²) in [6.45, 7) is 3.23. The number of nitrogens with two attached hydrogens (primary N) is 1. The number of phenols is 1. The second-order valence-corrected chi connectivity index (χ2v) is 4.02. The van der Waals surface area contributed by atoms with Gasteiger partial charge >= 0.3 is 5.97 Å². The average molecular weight is 209 g/mol. The summed E-state index contributed by atoms with van der Waals surface area (Å²) in [6.07, 6.45) is 0.240. The Labute approximate surface area is 88.3 Å². The van der Waals surface area contributed by atoms with Crippen molar-refractivity contribution in [2.24, 2.45) is 5.73 Å². The summed E-state index contributed by atoms with van der Waals surface area (Å²) in [5.74, 6) is -0.832. The molecule has 82 valence electrons. The lowest BCUT2D eigenvalue weighted by Crippen LogP contribution is -2.46. The molecule has 1 aromatic rings. The maximum absolute atomic E-state index is 10.8. The number of carboxylic acids is 1. The third kappa shape index (κ3) is 2.70. The molecule has 0 saturated heterocycles. The summed E-state index contributed by atoms with van der Waals surface area (Å²) < 4.78 is 0. The van der Waals surface area contributed by atoms with Gasteiger partial charge in [0.2, 0.25) is 0 Å². The summed E-state index contributed by atoms with van der Waals surface area (Å²) in [7, 11) is 0. The van der Waals surface area contributed by atoms with Gasteiger partial charge < -0.3 is 15.9 Å². The van der Waals surface area contributed by atoms with Crippen molar-refractivity contribution < 1.29 is 15.0 Å². The molecule has 0 heterocycles. The van der Waals surface area contributed by atoms with Crippen LogP contribution in [0.3, 0.4) is 0 Å². The van der Waals surface area contributed by atoms with Crippen LogP contribution in [0.25, 0.3) is 0 Å². The first-order valence-electron chi connectivity index (χ1n) is 4.64. The number of hydrogen-bond acceptors (Lipinski definition) is 3. The van der Waals surface area contributed by atoms with Crippen LogP contribution in [0.4, 0.5) is 0 Å². The molecule has 0 amide bonds. The number of aryl methyl sites for hydroxylation is 1. The molecule has 0 aliphatic rings. The van der Waals surface area contributed by atoms with Crippen molar-refractivity contribution in [1.29, 1.82) is 0 Å². The summed E-state index contributed by atoms with van der Waals surface area (Å²) >= 11 is 0. The van der Waals surface area contributed by atoms with Crippen molar-refractivity contribution in [1.82, 2.24) is 0 Å². The first-order chi connectivity index (χ1) is 6.83. The molecule has 0 aliphatic carbocycles.